The smallest absolute Gasteiger partial charge is 0.326 e. The molecule has 0 heterocycles. The summed E-state index contributed by atoms with van der Waals surface area (Å²) in [7, 11) is 0. The number of carbonyl (C=O) groups excluding carboxylic acids is 2. The van der Waals surface area contributed by atoms with Crippen molar-refractivity contribution in [2.45, 2.75) is 115 Å². The number of amides is 1. The van der Waals surface area contributed by atoms with Gasteiger partial charge < -0.3 is 26.4 Å². The number of thioether (sulfide) groups is 1. The number of nitrogens with two attached hydrogens (primary N) is 1. The van der Waals surface area contributed by atoms with Crippen LogP contribution in [0.5, 0.6) is 0 Å². The summed E-state index contributed by atoms with van der Waals surface area (Å²) in [5.74, 6) is -5.43. The highest BCUT2D eigenvalue weighted by molar-refractivity contribution is 7.99. The highest BCUT2D eigenvalue weighted by Crippen LogP contribution is 2.16. The highest BCUT2D eigenvalue weighted by Gasteiger charge is 2.25. The van der Waals surface area contributed by atoms with Crippen LogP contribution in [0.4, 0.5) is 0 Å². The lowest BCUT2D eigenvalue weighted by Crippen LogP contribution is -2.41. The molecule has 0 aromatic rings. The number of hydrogen-bond acceptors (Lipinski definition) is 7. The number of nitrogens with one attached hydrogen (secondary N) is 1. The van der Waals surface area contributed by atoms with Crippen molar-refractivity contribution >= 4 is 41.4 Å². The summed E-state index contributed by atoms with van der Waals surface area (Å²) in [4.78, 5) is 58.1. The molecular formula is C26H46N2O8S. The standard InChI is InChI=1S/C26H46N2O8S/c1-2-3-4-5-6-7-8-9-10-11-12-13-23(30)28-22(26(35)36)15-14-20(29)16-19(24(31)32)17-37-18-21(27)25(33)34/h19,21-22H,2-18,27H2,1H3,(H,28,30)(H,31,32)(H,33,34)(H,35,36)/t19-,21+,22-/m1/s1. The number of rotatable bonds is 25. The van der Waals surface area contributed by atoms with E-state index in [2.05, 4.69) is 12.2 Å². The molecule has 0 aromatic carbocycles. The number of carbonyl (C=O) groups is 5. The minimum Gasteiger partial charge on any atom is -0.481 e. The van der Waals surface area contributed by atoms with Gasteiger partial charge in [0, 0.05) is 30.8 Å². The third-order valence-corrected chi connectivity index (χ3v) is 7.34. The van der Waals surface area contributed by atoms with Gasteiger partial charge in [-0.3, -0.25) is 19.2 Å². The van der Waals surface area contributed by atoms with Crippen molar-refractivity contribution < 1.29 is 39.3 Å². The molecule has 0 aromatic heterocycles. The fourth-order valence-corrected chi connectivity index (χ4v) is 4.86. The predicted octanol–water partition coefficient (Wildman–Crippen LogP) is 3.84. The summed E-state index contributed by atoms with van der Waals surface area (Å²) >= 11 is 1.03. The average molecular weight is 547 g/mol. The summed E-state index contributed by atoms with van der Waals surface area (Å²) in [6.07, 6.45) is 12.3. The maximum Gasteiger partial charge on any atom is 0.326 e. The van der Waals surface area contributed by atoms with Crippen LogP contribution in [-0.2, 0) is 24.0 Å². The van der Waals surface area contributed by atoms with Gasteiger partial charge in [0.15, 0.2) is 0 Å². The SMILES string of the molecule is CCCCCCCCCCCCCC(=O)N[C@H](CCC(=O)C[C@H](CSC[C@H](N)C(=O)O)C(=O)O)C(=O)O. The monoisotopic (exact) mass is 546 g/mol. The zero-order chi connectivity index (χ0) is 28.1. The third-order valence-electron chi connectivity index (χ3n) is 6.11. The average Bonchev–Trinajstić information content (AvgIpc) is 2.83. The van der Waals surface area contributed by atoms with Crippen LogP contribution in [0.3, 0.4) is 0 Å². The Labute approximate surface area is 224 Å². The first-order valence-electron chi connectivity index (χ1n) is 13.4. The van der Waals surface area contributed by atoms with Crippen molar-refractivity contribution in [2.75, 3.05) is 11.5 Å². The molecule has 0 bridgehead atoms. The van der Waals surface area contributed by atoms with Gasteiger partial charge in [0.05, 0.1) is 5.92 Å². The van der Waals surface area contributed by atoms with E-state index < -0.39 is 41.7 Å². The first-order valence-corrected chi connectivity index (χ1v) is 14.6. The molecule has 0 unspecified atom stereocenters. The second-order valence-electron chi connectivity index (χ2n) is 9.54. The van der Waals surface area contributed by atoms with Gasteiger partial charge in [-0.15, -0.1) is 0 Å². The van der Waals surface area contributed by atoms with Crippen molar-refractivity contribution in [1.29, 1.82) is 0 Å². The Morgan fingerprint density at radius 2 is 1.27 bits per heavy atom. The van der Waals surface area contributed by atoms with Crippen LogP contribution >= 0.6 is 11.8 Å². The Balaban J connectivity index is 4.19. The Kier molecular flexibility index (Phi) is 20.6. The van der Waals surface area contributed by atoms with Gasteiger partial charge in [-0.1, -0.05) is 71.1 Å². The van der Waals surface area contributed by atoms with E-state index in [4.69, 9.17) is 10.8 Å². The summed E-state index contributed by atoms with van der Waals surface area (Å²) in [6.45, 7) is 2.21. The number of Topliss-reactive ketones (excluding diaryl/α,β-unsaturated/α-hetero) is 1. The lowest BCUT2D eigenvalue weighted by Gasteiger charge is -2.15. The molecule has 0 fully saturated rings. The van der Waals surface area contributed by atoms with Crippen LogP contribution in [-0.4, -0.2) is 68.5 Å². The number of unbranched alkanes of at least 4 members (excludes halogenated alkanes) is 10. The van der Waals surface area contributed by atoms with Crippen molar-refractivity contribution in [1.82, 2.24) is 5.32 Å². The van der Waals surface area contributed by atoms with Gasteiger partial charge >= 0.3 is 17.9 Å². The number of ketones is 1. The Morgan fingerprint density at radius 3 is 1.76 bits per heavy atom. The molecule has 0 aliphatic heterocycles. The molecule has 214 valence electrons. The second kappa shape index (κ2) is 21.9. The Bertz CT molecular complexity index is 704. The molecule has 10 nitrogen and oxygen atoms in total. The van der Waals surface area contributed by atoms with Gasteiger partial charge in [0.25, 0.3) is 0 Å². The maximum absolute atomic E-state index is 12.3. The van der Waals surface area contributed by atoms with E-state index in [0.717, 1.165) is 31.0 Å². The van der Waals surface area contributed by atoms with Gasteiger partial charge in [-0.25, -0.2) is 4.79 Å². The molecule has 0 radical (unpaired) electrons. The number of carboxylic acid groups (broad SMARTS) is 3. The van der Waals surface area contributed by atoms with E-state index in [-0.39, 0.29) is 43.1 Å². The minimum absolute atomic E-state index is 0.0134. The summed E-state index contributed by atoms with van der Waals surface area (Å²) in [5, 5.41) is 29.9. The molecule has 1 amide bonds. The van der Waals surface area contributed by atoms with Gasteiger partial charge in [-0.2, -0.15) is 11.8 Å². The van der Waals surface area contributed by atoms with E-state index in [0.29, 0.717) is 6.42 Å². The molecule has 0 aliphatic carbocycles. The molecule has 3 atom stereocenters. The van der Waals surface area contributed by atoms with Crippen LogP contribution in [0.2, 0.25) is 0 Å². The molecule has 0 rings (SSSR count). The molecule has 0 spiro atoms. The molecule has 37 heavy (non-hydrogen) atoms. The van der Waals surface area contributed by atoms with Crippen molar-refractivity contribution in [3.63, 3.8) is 0 Å². The Morgan fingerprint density at radius 1 is 0.730 bits per heavy atom. The fraction of sp³-hybridized carbons (Fsp3) is 0.808. The highest BCUT2D eigenvalue weighted by atomic mass is 32.2. The molecule has 0 saturated carbocycles. The van der Waals surface area contributed by atoms with E-state index in [1.54, 1.807) is 0 Å². The van der Waals surface area contributed by atoms with Gasteiger partial charge in [0.1, 0.15) is 17.9 Å². The first-order chi connectivity index (χ1) is 17.6. The fourth-order valence-electron chi connectivity index (χ4n) is 3.78. The second-order valence-corrected chi connectivity index (χ2v) is 10.6. The molecule has 11 heteroatoms. The maximum atomic E-state index is 12.3. The lowest BCUT2D eigenvalue weighted by atomic mass is 10.00. The summed E-state index contributed by atoms with van der Waals surface area (Å²) in [6, 6.07) is -2.34. The number of aliphatic carboxylic acids is 3. The van der Waals surface area contributed by atoms with Crippen LogP contribution < -0.4 is 11.1 Å². The first kappa shape index (κ1) is 34.9. The zero-order valence-corrected chi connectivity index (χ0v) is 22.9. The van der Waals surface area contributed by atoms with Crippen LogP contribution in [0.25, 0.3) is 0 Å². The normalized spacial score (nSPS) is 13.5. The van der Waals surface area contributed by atoms with Crippen LogP contribution in [0.1, 0.15) is 103 Å². The topological polar surface area (TPSA) is 184 Å². The van der Waals surface area contributed by atoms with E-state index >= 15 is 0 Å². The molecule has 6 N–H and O–H groups in total. The molecule has 0 aliphatic rings. The molecule has 0 saturated heterocycles. The predicted molar refractivity (Wildman–Crippen MR) is 144 cm³/mol. The summed E-state index contributed by atoms with van der Waals surface area (Å²) in [5.41, 5.74) is 5.38. The quantitative estimate of drug-likeness (QED) is 0.105. The van der Waals surface area contributed by atoms with E-state index in [1.165, 1.54) is 44.9 Å². The van der Waals surface area contributed by atoms with Crippen molar-refractivity contribution in [3.8, 4) is 0 Å². The lowest BCUT2D eigenvalue weighted by molar-refractivity contribution is -0.143. The minimum atomic E-state index is -1.24. The zero-order valence-electron chi connectivity index (χ0n) is 22.1. The van der Waals surface area contributed by atoms with E-state index in [1.807, 2.05) is 0 Å². The third kappa shape index (κ3) is 19.6. The van der Waals surface area contributed by atoms with Gasteiger partial charge in [-0.05, 0) is 12.8 Å². The molecular weight excluding hydrogens is 500 g/mol. The van der Waals surface area contributed by atoms with Gasteiger partial charge in [0.2, 0.25) is 5.91 Å². The van der Waals surface area contributed by atoms with Crippen LogP contribution in [0.15, 0.2) is 0 Å². The van der Waals surface area contributed by atoms with Crippen molar-refractivity contribution in [2.24, 2.45) is 11.7 Å². The van der Waals surface area contributed by atoms with Crippen LogP contribution in [0, 0.1) is 5.92 Å². The number of hydrogen-bond donors (Lipinski definition) is 5. The van der Waals surface area contributed by atoms with Crippen molar-refractivity contribution in [3.05, 3.63) is 0 Å². The van der Waals surface area contributed by atoms with E-state index in [9.17, 15) is 34.2 Å². The largest absolute Gasteiger partial charge is 0.481 e. The summed E-state index contributed by atoms with van der Waals surface area (Å²) < 4.78 is 0. The number of carboxylic acids is 3. The Hall–Kier alpha value is -2.14.